The van der Waals surface area contributed by atoms with Crippen LogP contribution in [-0.2, 0) is 4.79 Å². The summed E-state index contributed by atoms with van der Waals surface area (Å²) in [6.07, 6.45) is 7.87. The quantitative estimate of drug-likeness (QED) is 0.612. The molecule has 2 bridgehead atoms. The van der Waals surface area contributed by atoms with Gasteiger partial charge in [-0.2, -0.15) is 0 Å². The molecule has 0 N–H and O–H groups in total. The highest BCUT2D eigenvalue weighted by Gasteiger charge is 2.47. The fourth-order valence-electron chi connectivity index (χ4n) is 3.20. The lowest BCUT2D eigenvalue weighted by molar-refractivity contribution is -0.126. The Morgan fingerprint density at radius 2 is 2.00 bits per heavy atom. The van der Waals surface area contributed by atoms with E-state index in [9.17, 15) is 4.79 Å². The Morgan fingerprint density at radius 1 is 1.17 bits per heavy atom. The van der Waals surface area contributed by atoms with Crippen molar-refractivity contribution in [1.82, 2.24) is 0 Å². The highest BCUT2D eigenvalue weighted by atomic mass is 16.1. The van der Waals surface area contributed by atoms with Gasteiger partial charge in [-0.15, -0.1) is 0 Å². The number of Topliss-reactive ketones (excluding diaryl/α,β-unsaturated/α-hetero) is 1. The molecule has 0 aromatic carbocycles. The number of hydrogen-bond acceptors (Lipinski definition) is 1. The van der Waals surface area contributed by atoms with Crippen LogP contribution in [0.25, 0.3) is 0 Å². The smallest absolute Gasteiger partial charge is 0.139 e. The van der Waals surface area contributed by atoms with Gasteiger partial charge in [0.2, 0.25) is 0 Å². The molecule has 3 aliphatic rings. The molecule has 3 saturated carbocycles. The molecule has 0 radical (unpaired) electrons. The van der Waals surface area contributed by atoms with Crippen LogP contribution >= 0.6 is 0 Å². The Bertz CT molecular complexity index is 217. The van der Waals surface area contributed by atoms with Crippen LogP contribution in [-0.4, -0.2) is 5.78 Å². The maximum absolute atomic E-state index is 11.7. The Labute approximate surface area is 73.5 Å². The molecule has 3 atom stereocenters. The molecule has 1 nitrogen and oxygen atoms in total. The lowest BCUT2D eigenvalue weighted by Gasteiger charge is -2.19. The number of hydrogen-bond donors (Lipinski definition) is 0. The fraction of sp³-hybridized carbons (Fsp3) is 0.909. The number of carbonyl (C=O) groups excluding carboxylic acids is 1. The maximum atomic E-state index is 11.7. The van der Waals surface area contributed by atoms with Gasteiger partial charge in [-0.05, 0) is 37.5 Å². The van der Waals surface area contributed by atoms with E-state index in [-0.39, 0.29) is 0 Å². The van der Waals surface area contributed by atoms with Gasteiger partial charge < -0.3 is 0 Å². The molecule has 0 aliphatic heterocycles. The SMILES string of the molecule is O=C1[C@@H]2CC[C@@H](C2)[C@H]1CC1CC1. The van der Waals surface area contributed by atoms with E-state index in [1.807, 2.05) is 0 Å². The molecular weight excluding hydrogens is 148 g/mol. The van der Waals surface area contributed by atoms with Crippen LogP contribution in [0.3, 0.4) is 0 Å². The third-order valence-corrected chi connectivity index (χ3v) is 4.09. The molecule has 3 rings (SSSR count). The third-order valence-electron chi connectivity index (χ3n) is 4.09. The summed E-state index contributed by atoms with van der Waals surface area (Å²) < 4.78 is 0. The lowest BCUT2D eigenvalue weighted by atomic mass is 9.84. The van der Waals surface area contributed by atoms with E-state index in [4.69, 9.17) is 0 Å². The molecule has 0 aromatic heterocycles. The fourth-order valence-corrected chi connectivity index (χ4v) is 3.20. The van der Waals surface area contributed by atoms with Gasteiger partial charge in [-0.25, -0.2) is 0 Å². The van der Waals surface area contributed by atoms with Crippen molar-refractivity contribution < 1.29 is 4.79 Å². The Hall–Kier alpha value is -0.330. The first-order chi connectivity index (χ1) is 5.84. The highest BCUT2D eigenvalue weighted by Crippen LogP contribution is 2.50. The number of ketones is 1. The third kappa shape index (κ3) is 0.949. The first-order valence-electron chi connectivity index (χ1n) is 5.38. The first kappa shape index (κ1) is 7.11. The molecule has 0 heterocycles. The molecule has 0 amide bonds. The van der Waals surface area contributed by atoms with Crippen molar-refractivity contribution in [3.8, 4) is 0 Å². The first-order valence-corrected chi connectivity index (χ1v) is 5.38. The minimum atomic E-state index is 0.499. The van der Waals surface area contributed by atoms with E-state index in [0.29, 0.717) is 17.6 Å². The van der Waals surface area contributed by atoms with Crippen molar-refractivity contribution in [2.45, 2.75) is 38.5 Å². The highest BCUT2D eigenvalue weighted by molar-refractivity contribution is 5.86. The molecule has 66 valence electrons. The summed E-state index contributed by atoms with van der Waals surface area (Å²) >= 11 is 0. The summed E-state index contributed by atoms with van der Waals surface area (Å²) in [4.78, 5) is 11.7. The maximum Gasteiger partial charge on any atom is 0.139 e. The van der Waals surface area contributed by atoms with E-state index in [1.54, 1.807) is 0 Å². The predicted molar refractivity (Wildman–Crippen MR) is 46.7 cm³/mol. The van der Waals surface area contributed by atoms with Gasteiger partial charge in [-0.3, -0.25) is 4.79 Å². The van der Waals surface area contributed by atoms with Crippen molar-refractivity contribution in [2.75, 3.05) is 0 Å². The van der Waals surface area contributed by atoms with Crippen LogP contribution in [0.15, 0.2) is 0 Å². The van der Waals surface area contributed by atoms with Crippen molar-refractivity contribution >= 4 is 5.78 Å². The number of fused-ring (bicyclic) bond motifs is 2. The van der Waals surface area contributed by atoms with Gasteiger partial charge in [0.25, 0.3) is 0 Å². The Morgan fingerprint density at radius 3 is 2.58 bits per heavy atom. The van der Waals surface area contributed by atoms with Crippen LogP contribution in [0.2, 0.25) is 0 Å². The van der Waals surface area contributed by atoms with Crippen LogP contribution in [0.4, 0.5) is 0 Å². The van der Waals surface area contributed by atoms with Crippen LogP contribution < -0.4 is 0 Å². The summed E-state index contributed by atoms with van der Waals surface area (Å²) in [5, 5.41) is 0. The van der Waals surface area contributed by atoms with Gasteiger partial charge in [0.1, 0.15) is 5.78 Å². The average Bonchev–Trinajstić information content (AvgIpc) is 2.67. The van der Waals surface area contributed by atoms with Crippen LogP contribution in [0.5, 0.6) is 0 Å². The second-order valence-electron chi connectivity index (χ2n) is 4.96. The molecule has 3 fully saturated rings. The molecule has 3 aliphatic carbocycles. The van der Waals surface area contributed by atoms with Gasteiger partial charge in [0.15, 0.2) is 0 Å². The number of carbonyl (C=O) groups is 1. The average molecular weight is 164 g/mol. The molecule has 1 heteroatoms. The molecular formula is C11H16O. The molecule has 0 aromatic rings. The van der Waals surface area contributed by atoms with Crippen molar-refractivity contribution in [3.63, 3.8) is 0 Å². The molecule has 0 spiro atoms. The van der Waals surface area contributed by atoms with E-state index in [0.717, 1.165) is 11.8 Å². The minimum absolute atomic E-state index is 0.499. The zero-order chi connectivity index (χ0) is 8.13. The van der Waals surface area contributed by atoms with E-state index in [2.05, 4.69) is 0 Å². The second kappa shape index (κ2) is 2.34. The lowest BCUT2D eigenvalue weighted by Crippen LogP contribution is -2.22. The summed E-state index contributed by atoms with van der Waals surface area (Å²) in [7, 11) is 0. The van der Waals surface area contributed by atoms with Crippen molar-refractivity contribution in [3.05, 3.63) is 0 Å². The van der Waals surface area contributed by atoms with E-state index in [1.165, 1.54) is 38.5 Å². The second-order valence-corrected chi connectivity index (χ2v) is 4.96. The monoisotopic (exact) mass is 164 g/mol. The van der Waals surface area contributed by atoms with E-state index >= 15 is 0 Å². The Balaban J connectivity index is 1.72. The zero-order valence-electron chi connectivity index (χ0n) is 7.46. The largest absolute Gasteiger partial charge is 0.299 e. The summed E-state index contributed by atoms with van der Waals surface area (Å²) in [6.45, 7) is 0. The standard InChI is InChI=1S/C11H16O/c12-11-9-4-3-8(6-9)10(11)5-7-1-2-7/h7-10H,1-6H2/t8-,9+,10+/m0/s1. The predicted octanol–water partition coefficient (Wildman–Crippen LogP) is 2.40. The van der Waals surface area contributed by atoms with Crippen LogP contribution in [0.1, 0.15) is 38.5 Å². The Kier molecular flexibility index (Phi) is 1.38. The van der Waals surface area contributed by atoms with Gasteiger partial charge in [0.05, 0.1) is 0 Å². The normalized spacial score (nSPS) is 45.7. The zero-order valence-corrected chi connectivity index (χ0v) is 7.46. The number of rotatable bonds is 2. The summed E-state index contributed by atoms with van der Waals surface area (Å²) in [5.74, 6) is 3.40. The van der Waals surface area contributed by atoms with Crippen LogP contribution in [0, 0.1) is 23.7 Å². The van der Waals surface area contributed by atoms with Gasteiger partial charge >= 0.3 is 0 Å². The van der Waals surface area contributed by atoms with Crippen molar-refractivity contribution in [1.29, 1.82) is 0 Å². The van der Waals surface area contributed by atoms with Gasteiger partial charge in [0, 0.05) is 11.8 Å². The summed E-state index contributed by atoms with van der Waals surface area (Å²) in [5.41, 5.74) is 0. The van der Waals surface area contributed by atoms with E-state index < -0.39 is 0 Å². The topological polar surface area (TPSA) is 17.1 Å². The van der Waals surface area contributed by atoms with Gasteiger partial charge in [-0.1, -0.05) is 12.8 Å². The minimum Gasteiger partial charge on any atom is -0.299 e. The molecule has 12 heavy (non-hydrogen) atoms. The molecule has 0 unspecified atom stereocenters. The van der Waals surface area contributed by atoms with Crippen molar-refractivity contribution in [2.24, 2.45) is 23.7 Å². The molecule has 0 saturated heterocycles. The summed E-state index contributed by atoms with van der Waals surface area (Å²) in [6, 6.07) is 0.